The fraction of sp³-hybridized carbons (Fsp3) is 0.474. The Morgan fingerprint density at radius 1 is 1.38 bits per heavy atom. The van der Waals surface area contributed by atoms with Crippen LogP contribution in [0.15, 0.2) is 42.5 Å². The summed E-state index contributed by atoms with van der Waals surface area (Å²) in [5.74, 6) is -3.44. The lowest BCUT2D eigenvalue weighted by Gasteiger charge is -2.24. The average molecular weight is 364 g/mol. The van der Waals surface area contributed by atoms with Crippen LogP contribution in [0.1, 0.15) is 31.2 Å². The van der Waals surface area contributed by atoms with Gasteiger partial charge in [0.15, 0.2) is 0 Å². The van der Waals surface area contributed by atoms with Crippen molar-refractivity contribution >= 4 is 5.91 Å². The van der Waals surface area contributed by atoms with Gasteiger partial charge in [0.1, 0.15) is 12.7 Å². The fourth-order valence-electron chi connectivity index (χ4n) is 2.93. The molecule has 7 heteroatoms. The Morgan fingerprint density at radius 2 is 2.12 bits per heavy atom. The summed E-state index contributed by atoms with van der Waals surface area (Å²) < 4.78 is 33.2. The number of likely N-dealkylation sites (tertiary alicyclic amines) is 1. The number of nitrogens with zero attached hydrogens (tertiary/aromatic N) is 2. The Kier molecular flexibility index (Phi) is 7.10. The molecule has 26 heavy (non-hydrogen) atoms. The number of nitriles is 1. The lowest BCUT2D eigenvalue weighted by molar-refractivity contribution is -0.128. The second-order valence-corrected chi connectivity index (χ2v) is 6.16. The number of unbranched alkanes of at least 4 members (excludes halogenated alkanes) is 1. The highest BCUT2D eigenvalue weighted by atomic mass is 19.3. The maximum atomic E-state index is 14.3. The molecule has 1 aromatic rings. The van der Waals surface area contributed by atoms with E-state index in [4.69, 9.17) is 5.26 Å². The molecule has 5 nitrogen and oxygen atoms in total. The average Bonchev–Trinajstić information content (AvgIpc) is 3.00. The Balaban J connectivity index is 1.94. The summed E-state index contributed by atoms with van der Waals surface area (Å²) in [4.78, 5) is 13.6. The second kappa shape index (κ2) is 9.30. The van der Waals surface area contributed by atoms with Gasteiger partial charge in [-0.25, -0.2) is 0 Å². The van der Waals surface area contributed by atoms with Crippen molar-refractivity contribution in [2.24, 2.45) is 0 Å². The van der Waals surface area contributed by atoms with Crippen molar-refractivity contribution in [3.63, 3.8) is 0 Å². The Morgan fingerprint density at radius 3 is 2.81 bits per heavy atom. The van der Waals surface area contributed by atoms with Gasteiger partial charge in [-0.05, 0) is 19.3 Å². The molecule has 1 aromatic carbocycles. The van der Waals surface area contributed by atoms with Crippen molar-refractivity contribution < 1.29 is 23.4 Å². The van der Waals surface area contributed by atoms with Gasteiger partial charge in [0.2, 0.25) is 5.91 Å². The zero-order valence-corrected chi connectivity index (χ0v) is 14.4. The van der Waals surface area contributed by atoms with Gasteiger partial charge in [0.25, 0.3) is 6.26 Å². The van der Waals surface area contributed by atoms with Crippen LogP contribution in [0.5, 0.6) is 0 Å². The van der Waals surface area contributed by atoms with E-state index in [9.17, 15) is 18.7 Å². The van der Waals surface area contributed by atoms with Crippen LogP contribution < -0.4 is 0 Å². The molecule has 1 saturated heterocycles. The highest BCUT2D eigenvalue weighted by Gasteiger charge is 2.39. The Hall–Kier alpha value is -2.46. The maximum absolute atomic E-state index is 14.3. The minimum absolute atomic E-state index is 0.0369. The number of carbonyl (C=O) groups is 1. The van der Waals surface area contributed by atoms with Crippen LogP contribution >= 0.6 is 0 Å². The summed E-state index contributed by atoms with van der Waals surface area (Å²) >= 11 is 0. The molecule has 1 heterocycles. The zero-order chi connectivity index (χ0) is 19.0. The lowest BCUT2D eigenvalue weighted by atomic mass is 10.0. The molecule has 1 aliphatic heterocycles. The third kappa shape index (κ3) is 5.02. The largest absolute Gasteiger partial charge is 0.428 e. The molecular formula is C19H22F2N2O3. The van der Waals surface area contributed by atoms with E-state index in [1.807, 2.05) is 0 Å². The number of amides is 1. The SMILES string of the molecule is N#COCCCCN1C(=O)CC[C@@H]1/C=C/C(O)C(F)(F)c1ccccc1. The van der Waals surface area contributed by atoms with Gasteiger partial charge in [-0.1, -0.05) is 42.5 Å². The van der Waals surface area contributed by atoms with Crippen LogP contribution in [0.3, 0.4) is 0 Å². The number of carbonyl (C=O) groups excluding carboxylic acids is 1. The Labute approximate surface area is 151 Å². The van der Waals surface area contributed by atoms with Crippen molar-refractivity contribution in [1.82, 2.24) is 4.90 Å². The van der Waals surface area contributed by atoms with E-state index < -0.39 is 12.0 Å². The number of hydrogen-bond acceptors (Lipinski definition) is 4. The first kappa shape index (κ1) is 19.9. The van der Waals surface area contributed by atoms with Crippen LogP contribution in [0.2, 0.25) is 0 Å². The molecule has 1 N–H and O–H groups in total. The van der Waals surface area contributed by atoms with Gasteiger partial charge in [0.05, 0.1) is 6.04 Å². The van der Waals surface area contributed by atoms with E-state index in [-0.39, 0.29) is 17.5 Å². The quantitative estimate of drug-likeness (QED) is 0.415. The van der Waals surface area contributed by atoms with Crippen LogP contribution in [0.4, 0.5) is 8.78 Å². The normalized spacial score (nSPS) is 18.9. The summed E-state index contributed by atoms with van der Waals surface area (Å²) in [5, 5.41) is 18.2. The molecule has 0 saturated carbocycles. The highest BCUT2D eigenvalue weighted by Crippen LogP contribution is 2.32. The molecule has 0 aliphatic carbocycles. The molecule has 1 aliphatic rings. The number of alkyl halides is 2. The smallest absolute Gasteiger partial charge is 0.302 e. The lowest BCUT2D eigenvalue weighted by Crippen LogP contribution is -2.34. The van der Waals surface area contributed by atoms with Crippen molar-refractivity contribution in [3.8, 4) is 6.26 Å². The van der Waals surface area contributed by atoms with Crippen LogP contribution in [-0.4, -0.2) is 41.2 Å². The maximum Gasteiger partial charge on any atom is 0.302 e. The molecule has 2 atom stereocenters. The molecule has 2 rings (SSSR count). The van der Waals surface area contributed by atoms with Gasteiger partial charge < -0.3 is 14.7 Å². The van der Waals surface area contributed by atoms with E-state index in [2.05, 4.69) is 4.74 Å². The third-order valence-electron chi connectivity index (χ3n) is 4.38. The van der Waals surface area contributed by atoms with E-state index in [1.165, 1.54) is 30.3 Å². The summed E-state index contributed by atoms with van der Waals surface area (Å²) in [6.07, 6.45) is 4.35. The van der Waals surface area contributed by atoms with Crippen LogP contribution in [0.25, 0.3) is 0 Å². The van der Waals surface area contributed by atoms with Gasteiger partial charge in [-0.3, -0.25) is 4.79 Å². The van der Waals surface area contributed by atoms with Crippen molar-refractivity contribution in [2.45, 2.75) is 43.8 Å². The van der Waals surface area contributed by atoms with Gasteiger partial charge >= 0.3 is 5.92 Å². The number of halogens is 2. The molecule has 0 bridgehead atoms. The van der Waals surface area contributed by atoms with Gasteiger partial charge in [-0.2, -0.15) is 14.0 Å². The van der Waals surface area contributed by atoms with E-state index in [1.54, 1.807) is 17.2 Å². The number of ether oxygens (including phenoxy) is 1. The molecule has 140 valence electrons. The predicted octanol–water partition coefficient (Wildman–Crippen LogP) is 2.96. The minimum atomic E-state index is -3.40. The van der Waals surface area contributed by atoms with E-state index >= 15 is 0 Å². The summed E-state index contributed by atoms with van der Waals surface area (Å²) in [6, 6.07) is 6.85. The molecule has 0 radical (unpaired) electrons. The third-order valence-corrected chi connectivity index (χ3v) is 4.38. The van der Waals surface area contributed by atoms with E-state index in [0.717, 1.165) is 6.08 Å². The first-order chi connectivity index (χ1) is 12.5. The van der Waals surface area contributed by atoms with Crippen molar-refractivity contribution in [2.75, 3.05) is 13.2 Å². The number of benzene rings is 1. The monoisotopic (exact) mass is 364 g/mol. The Bertz CT molecular complexity index is 658. The first-order valence-electron chi connectivity index (χ1n) is 8.57. The standard InChI is InChI=1S/C19H22F2N2O3/c20-19(21,15-6-2-1-3-7-15)17(24)10-8-16-9-11-18(25)23(16)12-4-5-13-26-14-22/h1-3,6-8,10,16-17,24H,4-5,9,11-13H2/b10-8+/t16-,17?/m0/s1. The summed E-state index contributed by atoms with van der Waals surface area (Å²) in [7, 11) is 0. The van der Waals surface area contributed by atoms with Crippen LogP contribution in [-0.2, 0) is 15.5 Å². The zero-order valence-electron chi connectivity index (χ0n) is 14.4. The second-order valence-electron chi connectivity index (χ2n) is 6.16. The summed E-state index contributed by atoms with van der Waals surface area (Å²) in [5.41, 5.74) is -0.256. The van der Waals surface area contributed by atoms with Crippen LogP contribution in [0, 0.1) is 11.5 Å². The molecule has 1 fully saturated rings. The topological polar surface area (TPSA) is 73.6 Å². The van der Waals surface area contributed by atoms with Gasteiger partial charge in [0, 0.05) is 18.5 Å². The summed E-state index contributed by atoms with van der Waals surface area (Å²) in [6.45, 7) is 0.759. The fourth-order valence-corrected chi connectivity index (χ4v) is 2.93. The predicted molar refractivity (Wildman–Crippen MR) is 91.0 cm³/mol. The number of aliphatic hydroxyl groups excluding tert-OH is 1. The minimum Gasteiger partial charge on any atom is -0.428 e. The first-order valence-corrected chi connectivity index (χ1v) is 8.57. The molecule has 1 unspecified atom stereocenters. The number of rotatable bonds is 9. The van der Waals surface area contributed by atoms with E-state index in [0.29, 0.717) is 38.8 Å². The molecule has 0 spiro atoms. The molecule has 1 amide bonds. The molecule has 0 aromatic heterocycles. The molecular weight excluding hydrogens is 342 g/mol. The number of hydrogen-bond donors (Lipinski definition) is 1. The van der Waals surface area contributed by atoms with Crippen molar-refractivity contribution in [1.29, 1.82) is 5.26 Å². The number of aliphatic hydroxyl groups is 1. The highest BCUT2D eigenvalue weighted by molar-refractivity contribution is 5.79. The van der Waals surface area contributed by atoms with Crippen molar-refractivity contribution in [3.05, 3.63) is 48.0 Å². The van der Waals surface area contributed by atoms with Gasteiger partial charge in [-0.15, -0.1) is 0 Å².